The molecule has 0 unspecified atom stereocenters. The normalized spacial score (nSPS) is 11.2. The molecule has 2 N–H and O–H groups in total. The second-order valence-corrected chi connectivity index (χ2v) is 6.80. The number of H-pyrrole nitrogens is 1. The van der Waals surface area contributed by atoms with Gasteiger partial charge in [-0.3, -0.25) is 0 Å². The summed E-state index contributed by atoms with van der Waals surface area (Å²) in [6, 6.07) is 9.78. The van der Waals surface area contributed by atoms with Crippen molar-refractivity contribution in [1.29, 1.82) is 0 Å². The van der Waals surface area contributed by atoms with E-state index in [1.807, 2.05) is 37.3 Å². The van der Waals surface area contributed by atoms with Gasteiger partial charge in [0.15, 0.2) is 23.1 Å². The van der Waals surface area contributed by atoms with Gasteiger partial charge < -0.3 is 15.0 Å². The Hall–Kier alpha value is -4.34. The average molecular weight is 414 g/mol. The number of para-hydroxylation sites is 1. The zero-order valence-electron chi connectivity index (χ0n) is 16.8. The van der Waals surface area contributed by atoms with Gasteiger partial charge in [-0.25, -0.2) is 24.7 Å². The Morgan fingerprint density at radius 2 is 2.10 bits per heavy atom. The molecule has 0 radical (unpaired) electrons. The molecule has 154 valence electrons. The number of aromatic nitrogens is 7. The lowest BCUT2D eigenvalue weighted by Gasteiger charge is -2.12. The van der Waals surface area contributed by atoms with Gasteiger partial charge in [-0.15, -0.1) is 0 Å². The number of ether oxygens (including phenoxy) is 1. The van der Waals surface area contributed by atoms with Crippen molar-refractivity contribution in [2.75, 3.05) is 11.9 Å². The molecule has 0 spiro atoms. The maximum Gasteiger partial charge on any atom is 0.343 e. The summed E-state index contributed by atoms with van der Waals surface area (Å²) in [5.41, 5.74) is 3.24. The van der Waals surface area contributed by atoms with E-state index in [0.717, 1.165) is 16.5 Å². The molecule has 0 saturated heterocycles. The Labute approximate surface area is 176 Å². The summed E-state index contributed by atoms with van der Waals surface area (Å²) < 4.78 is 6.78. The van der Waals surface area contributed by atoms with Crippen LogP contribution in [0.4, 0.5) is 11.6 Å². The van der Waals surface area contributed by atoms with Gasteiger partial charge in [-0.05, 0) is 31.5 Å². The number of benzene rings is 1. The van der Waals surface area contributed by atoms with Crippen molar-refractivity contribution in [3.63, 3.8) is 0 Å². The molecule has 0 aliphatic heterocycles. The average Bonchev–Trinajstić information content (AvgIpc) is 3.42. The Morgan fingerprint density at radius 1 is 1.23 bits per heavy atom. The minimum atomic E-state index is -0.497. The molecular formula is C21H18N8O2. The molecule has 0 aliphatic carbocycles. The van der Waals surface area contributed by atoms with E-state index < -0.39 is 5.97 Å². The number of imidazole rings is 1. The number of hydrogen-bond donors (Lipinski definition) is 2. The smallest absolute Gasteiger partial charge is 0.343 e. The Morgan fingerprint density at radius 3 is 2.97 bits per heavy atom. The third kappa shape index (κ3) is 3.23. The van der Waals surface area contributed by atoms with Crippen molar-refractivity contribution in [3.05, 3.63) is 60.3 Å². The van der Waals surface area contributed by atoms with E-state index in [0.29, 0.717) is 28.6 Å². The lowest BCUT2D eigenvalue weighted by atomic mass is 10.1. The van der Waals surface area contributed by atoms with Crippen LogP contribution in [0.5, 0.6) is 0 Å². The van der Waals surface area contributed by atoms with Crippen molar-refractivity contribution >= 4 is 39.7 Å². The summed E-state index contributed by atoms with van der Waals surface area (Å²) in [6.07, 6.45) is 4.38. The second kappa shape index (κ2) is 7.48. The van der Waals surface area contributed by atoms with E-state index in [1.54, 1.807) is 11.6 Å². The molecule has 31 heavy (non-hydrogen) atoms. The summed E-state index contributed by atoms with van der Waals surface area (Å²) in [6.45, 7) is 4.01. The molecule has 4 heterocycles. The van der Waals surface area contributed by atoms with Gasteiger partial charge in [-0.2, -0.15) is 9.78 Å². The van der Waals surface area contributed by atoms with Crippen LogP contribution in [0.25, 0.3) is 27.9 Å². The van der Waals surface area contributed by atoms with E-state index in [-0.39, 0.29) is 12.2 Å². The number of nitrogens with one attached hydrogen (secondary N) is 2. The number of esters is 1. The molecule has 0 atom stereocenters. The van der Waals surface area contributed by atoms with Gasteiger partial charge >= 0.3 is 5.97 Å². The van der Waals surface area contributed by atoms with Crippen molar-refractivity contribution in [3.8, 4) is 5.82 Å². The number of anilines is 2. The summed E-state index contributed by atoms with van der Waals surface area (Å²) in [7, 11) is 0. The second-order valence-electron chi connectivity index (χ2n) is 6.80. The molecule has 0 amide bonds. The summed E-state index contributed by atoms with van der Waals surface area (Å²) >= 11 is 0. The van der Waals surface area contributed by atoms with Gasteiger partial charge in [0.1, 0.15) is 17.4 Å². The van der Waals surface area contributed by atoms with Crippen LogP contribution in [0, 0.1) is 6.92 Å². The van der Waals surface area contributed by atoms with Crippen LogP contribution in [-0.2, 0) is 4.74 Å². The van der Waals surface area contributed by atoms with E-state index in [9.17, 15) is 4.79 Å². The molecule has 5 rings (SSSR count). The Bertz CT molecular complexity index is 1420. The van der Waals surface area contributed by atoms with E-state index in [2.05, 4.69) is 30.4 Å². The Balaban J connectivity index is 1.68. The fourth-order valence-corrected chi connectivity index (χ4v) is 3.41. The maximum absolute atomic E-state index is 12.6. The highest BCUT2D eigenvalue weighted by molar-refractivity contribution is 5.97. The molecular weight excluding hydrogens is 396 g/mol. The molecule has 5 aromatic rings. The lowest BCUT2D eigenvalue weighted by molar-refractivity contribution is 0.0527. The Kier molecular flexibility index (Phi) is 4.51. The van der Waals surface area contributed by atoms with Crippen LogP contribution in [0.1, 0.15) is 22.8 Å². The third-order valence-electron chi connectivity index (χ3n) is 4.85. The number of carbonyl (C=O) groups excluding carboxylic acids is 1. The topological polar surface area (TPSA) is 124 Å². The molecule has 4 aromatic heterocycles. The molecule has 0 bridgehead atoms. The third-order valence-corrected chi connectivity index (χ3v) is 4.85. The van der Waals surface area contributed by atoms with E-state index in [1.165, 1.54) is 18.9 Å². The van der Waals surface area contributed by atoms with Crippen LogP contribution in [0.3, 0.4) is 0 Å². The first-order chi connectivity index (χ1) is 15.2. The molecule has 0 aliphatic rings. The fraction of sp³-hybridized carbons (Fsp3) is 0.143. The monoisotopic (exact) mass is 414 g/mol. The van der Waals surface area contributed by atoms with Crippen LogP contribution < -0.4 is 5.32 Å². The van der Waals surface area contributed by atoms with Crippen LogP contribution in [0.15, 0.2) is 49.2 Å². The summed E-state index contributed by atoms with van der Waals surface area (Å²) in [5, 5.41) is 8.67. The number of pyridine rings is 1. The van der Waals surface area contributed by atoms with Crippen molar-refractivity contribution in [2.24, 2.45) is 0 Å². The first-order valence-electron chi connectivity index (χ1n) is 9.68. The number of aryl methyl sites for hydroxylation is 1. The minimum absolute atomic E-state index is 0.245. The summed E-state index contributed by atoms with van der Waals surface area (Å²) in [4.78, 5) is 32.9. The largest absolute Gasteiger partial charge is 0.462 e. The van der Waals surface area contributed by atoms with Gasteiger partial charge in [0.2, 0.25) is 0 Å². The number of carbonyl (C=O) groups is 1. The first kappa shape index (κ1) is 18.7. The number of fused-ring (bicyclic) bond motifs is 2. The number of rotatable bonds is 5. The lowest BCUT2D eigenvalue weighted by Crippen LogP contribution is -2.11. The summed E-state index contributed by atoms with van der Waals surface area (Å²) in [5.74, 6) is 0.898. The van der Waals surface area contributed by atoms with Gasteiger partial charge in [-0.1, -0.05) is 18.2 Å². The van der Waals surface area contributed by atoms with Crippen LogP contribution in [-0.4, -0.2) is 47.3 Å². The predicted molar refractivity (Wildman–Crippen MR) is 115 cm³/mol. The predicted octanol–water partition coefficient (Wildman–Crippen LogP) is 3.32. The van der Waals surface area contributed by atoms with Gasteiger partial charge in [0.05, 0.1) is 24.6 Å². The van der Waals surface area contributed by atoms with Crippen LogP contribution >= 0.6 is 0 Å². The molecule has 0 fully saturated rings. The van der Waals surface area contributed by atoms with Gasteiger partial charge in [0, 0.05) is 5.39 Å². The number of nitrogens with zero attached hydrogens (tertiary/aromatic N) is 6. The number of hydrogen-bond acceptors (Lipinski definition) is 8. The first-order valence-corrected chi connectivity index (χ1v) is 9.68. The highest BCUT2D eigenvalue weighted by Crippen LogP contribution is 2.28. The molecule has 10 nitrogen and oxygen atoms in total. The van der Waals surface area contributed by atoms with Crippen molar-refractivity contribution in [2.45, 2.75) is 13.8 Å². The highest BCUT2D eigenvalue weighted by atomic mass is 16.5. The molecule has 10 heteroatoms. The van der Waals surface area contributed by atoms with Crippen molar-refractivity contribution < 1.29 is 9.53 Å². The highest BCUT2D eigenvalue weighted by Gasteiger charge is 2.22. The quantitative estimate of drug-likeness (QED) is 0.420. The molecule has 1 aromatic carbocycles. The zero-order valence-corrected chi connectivity index (χ0v) is 16.8. The zero-order chi connectivity index (χ0) is 21.4. The standard InChI is InChI=1S/C21H18N8O2/c1-3-31-21(30)14-9-26-29(16-8-12(2)13-6-4-5-7-15(13)27-16)20(14)28-19-17-18(23-10-22-17)24-11-25-19/h4-11H,3H2,1-2H3,(H2,22,23,24,25,28). The van der Waals surface area contributed by atoms with Gasteiger partial charge in [0.25, 0.3) is 0 Å². The SMILES string of the molecule is CCOC(=O)c1cnn(-c2cc(C)c3ccccc3n2)c1Nc1ncnc2nc[nH]c12. The van der Waals surface area contributed by atoms with Crippen molar-refractivity contribution in [1.82, 2.24) is 34.7 Å². The van der Waals surface area contributed by atoms with E-state index in [4.69, 9.17) is 9.72 Å². The van der Waals surface area contributed by atoms with E-state index >= 15 is 0 Å². The minimum Gasteiger partial charge on any atom is -0.462 e. The van der Waals surface area contributed by atoms with Crippen LogP contribution in [0.2, 0.25) is 0 Å². The maximum atomic E-state index is 12.6. The fourth-order valence-electron chi connectivity index (χ4n) is 3.41. The molecule has 0 saturated carbocycles. The number of aromatic amines is 1.